The molecule has 4 nitrogen and oxygen atoms in total. The highest BCUT2D eigenvalue weighted by molar-refractivity contribution is 4.92. The van der Waals surface area contributed by atoms with Crippen molar-refractivity contribution in [2.45, 2.75) is 37.9 Å². The molecular formula is C12H22N4. The number of aryl methyl sites for hydroxylation is 1. The van der Waals surface area contributed by atoms with E-state index in [0.29, 0.717) is 6.04 Å². The molecule has 0 spiro atoms. The van der Waals surface area contributed by atoms with E-state index in [1.165, 1.54) is 19.3 Å². The number of aromatic nitrogens is 2. The molecule has 1 saturated carbocycles. The second-order valence-electron chi connectivity index (χ2n) is 4.96. The third kappa shape index (κ3) is 2.62. The average Bonchev–Trinajstić information content (AvgIpc) is 2.83. The molecule has 1 aliphatic carbocycles. The molecule has 1 aromatic rings. The maximum absolute atomic E-state index is 4.32. The molecule has 0 aliphatic heterocycles. The van der Waals surface area contributed by atoms with E-state index < -0.39 is 0 Å². The van der Waals surface area contributed by atoms with E-state index in [9.17, 15) is 0 Å². The van der Waals surface area contributed by atoms with E-state index in [1.54, 1.807) is 0 Å². The summed E-state index contributed by atoms with van der Waals surface area (Å²) in [5.74, 6) is 1.12. The molecule has 2 atom stereocenters. The Bertz CT molecular complexity index is 332. The predicted molar refractivity (Wildman–Crippen MR) is 65.2 cm³/mol. The monoisotopic (exact) mass is 222 g/mol. The smallest absolute Gasteiger partial charge is 0.122 e. The Morgan fingerprint density at radius 1 is 1.50 bits per heavy atom. The van der Waals surface area contributed by atoms with Gasteiger partial charge in [-0.2, -0.15) is 0 Å². The van der Waals surface area contributed by atoms with Gasteiger partial charge >= 0.3 is 0 Å². The molecule has 16 heavy (non-hydrogen) atoms. The SMILES string of the molecule is CN(C)C1CCC(NCc2nccn2C)C1. The van der Waals surface area contributed by atoms with Crippen molar-refractivity contribution >= 4 is 0 Å². The van der Waals surface area contributed by atoms with Crippen LogP contribution in [0.3, 0.4) is 0 Å². The number of rotatable bonds is 4. The lowest BCUT2D eigenvalue weighted by atomic mass is 10.2. The molecule has 2 rings (SSSR count). The lowest BCUT2D eigenvalue weighted by molar-refractivity contribution is 0.293. The third-order valence-corrected chi connectivity index (χ3v) is 3.61. The fraction of sp³-hybridized carbons (Fsp3) is 0.750. The van der Waals surface area contributed by atoms with Crippen molar-refractivity contribution in [3.05, 3.63) is 18.2 Å². The summed E-state index contributed by atoms with van der Waals surface area (Å²) in [5.41, 5.74) is 0. The van der Waals surface area contributed by atoms with E-state index in [2.05, 4.69) is 33.9 Å². The molecule has 1 N–H and O–H groups in total. The van der Waals surface area contributed by atoms with Gasteiger partial charge in [0.25, 0.3) is 0 Å². The molecule has 1 aromatic heterocycles. The summed E-state index contributed by atoms with van der Waals surface area (Å²) in [6.07, 6.45) is 7.71. The number of imidazole rings is 1. The Labute approximate surface area is 97.7 Å². The van der Waals surface area contributed by atoms with E-state index in [0.717, 1.165) is 18.4 Å². The van der Waals surface area contributed by atoms with Crippen LogP contribution in [0.2, 0.25) is 0 Å². The number of hydrogen-bond acceptors (Lipinski definition) is 3. The lowest BCUT2D eigenvalue weighted by Crippen LogP contribution is -2.31. The molecule has 0 saturated heterocycles. The topological polar surface area (TPSA) is 33.1 Å². The van der Waals surface area contributed by atoms with E-state index in [4.69, 9.17) is 0 Å². The van der Waals surface area contributed by atoms with Crippen LogP contribution in [0.1, 0.15) is 25.1 Å². The normalized spacial score (nSPS) is 25.5. The summed E-state index contributed by atoms with van der Waals surface area (Å²) in [5, 5.41) is 3.60. The summed E-state index contributed by atoms with van der Waals surface area (Å²) in [7, 11) is 6.39. The molecule has 1 fully saturated rings. The molecular weight excluding hydrogens is 200 g/mol. The number of hydrogen-bond donors (Lipinski definition) is 1. The average molecular weight is 222 g/mol. The van der Waals surface area contributed by atoms with Gasteiger partial charge in [-0.1, -0.05) is 0 Å². The number of nitrogens with zero attached hydrogens (tertiary/aromatic N) is 3. The molecule has 1 heterocycles. The van der Waals surface area contributed by atoms with Crippen LogP contribution in [0, 0.1) is 0 Å². The summed E-state index contributed by atoms with van der Waals surface area (Å²) in [6.45, 7) is 0.883. The molecule has 2 unspecified atom stereocenters. The highest BCUT2D eigenvalue weighted by Gasteiger charge is 2.25. The summed E-state index contributed by atoms with van der Waals surface area (Å²) in [4.78, 5) is 6.66. The Kier molecular flexibility index (Phi) is 3.61. The second kappa shape index (κ2) is 4.97. The molecule has 1 aliphatic rings. The minimum Gasteiger partial charge on any atom is -0.337 e. The van der Waals surface area contributed by atoms with Crippen LogP contribution < -0.4 is 5.32 Å². The fourth-order valence-electron chi connectivity index (χ4n) is 2.41. The van der Waals surface area contributed by atoms with Crippen LogP contribution in [-0.2, 0) is 13.6 Å². The van der Waals surface area contributed by atoms with Crippen LogP contribution in [-0.4, -0.2) is 40.6 Å². The van der Waals surface area contributed by atoms with Crippen molar-refractivity contribution in [2.75, 3.05) is 14.1 Å². The predicted octanol–water partition coefficient (Wildman–Crippen LogP) is 0.992. The van der Waals surface area contributed by atoms with Gasteiger partial charge in [0.05, 0.1) is 6.54 Å². The van der Waals surface area contributed by atoms with Crippen LogP contribution in [0.4, 0.5) is 0 Å². The molecule has 0 bridgehead atoms. The van der Waals surface area contributed by atoms with Crippen LogP contribution in [0.25, 0.3) is 0 Å². The van der Waals surface area contributed by atoms with Gasteiger partial charge in [-0.25, -0.2) is 4.98 Å². The molecule has 0 radical (unpaired) electrons. The largest absolute Gasteiger partial charge is 0.337 e. The van der Waals surface area contributed by atoms with Crippen molar-refractivity contribution in [1.29, 1.82) is 0 Å². The second-order valence-corrected chi connectivity index (χ2v) is 4.96. The van der Waals surface area contributed by atoms with Gasteiger partial charge in [-0.05, 0) is 33.4 Å². The van der Waals surface area contributed by atoms with E-state index >= 15 is 0 Å². The summed E-state index contributed by atoms with van der Waals surface area (Å²) < 4.78 is 2.07. The Morgan fingerprint density at radius 2 is 2.31 bits per heavy atom. The first-order valence-electron chi connectivity index (χ1n) is 6.03. The third-order valence-electron chi connectivity index (χ3n) is 3.61. The van der Waals surface area contributed by atoms with E-state index in [1.807, 2.05) is 19.4 Å². The minimum absolute atomic E-state index is 0.657. The van der Waals surface area contributed by atoms with Crippen molar-refractivity contribution in [2.24, 2.45) is 7.05 Å². The van der Waals surface area contributed by atoms with Crippen molar-refractivity contribution in [3.8, 4) is 0 Å². The molecule has 90 valence electrons. The van der Waals surface area contributed by atoms with Crippen LogP contribution in [0.5, 0.6) is 0 Å². The van der Waals surface area contributed by atoms with Gasteiger partial charge in [0.1, 0.15) is 5.82 Å². The zero-order valence-corrected chi connectivity index (χ0v) is 10.5. The lowest BCUT2D eigenvalue weighted by Gasteiger charge is -2.19. The van der Waals surface area contributed by atoms with Crippen molar-refractivity contribution in [1.82, 2.24) is 19.8 Å². The zero-order valence-electron chi connectivity index (χ0n) is 10.5. The first-order chi connectivity index (χ1) is 7.66. The van der Waals surface area contributed by atoms with Gasteiger partial charge in [0, 0.05) is 31.5 Å². The van der Waals surface area contributed by atoms with Crippen molar-refractivity contribution in [3.63, 3.8) is 0 Å². The van der Waals surface area contributed by atoms with Gasteiger partial charge in [-0.15, -0.1) is 0 Å². The first kappa shape index (κ1) is 11.6. The van der Waals surface area contributed by atoms with Gasteiger partial charge in [0.15, 0.2) is 0 Å². The standard InChI is InChI=1S/C12H22N4/c1-15(2)11-5-4-10(8-11)14-9-12-13-6-7-16(12)3/h6-7,10-11,14H,4-5,8-9H2,1-3H3. The van der Waals surface area contributed by atoms with Gasteiger partial charge in [0.2, 0.25) is 0 Å². The fourth-order valence-corrected chi connectivity index (χ4v) is 2.41. The minimum atomic E-state index is 0.657. The van der Waals surface area contributed by atoms with Crippen molar-refractivity contribution < 1.29 is 0 Å². The highest BCUT2D eigenvalue weighted by atomic mass is 15.1. The maximum Gasteiger partial charge on any atom is 0.122 e. The quantitative estimate of drug-likeness (QED) is 0.825. The maximum atomic E-state index is 4.32. The first-order valence-corrected chi connectivity index (χ1v) is 6.03. The molecule has 4 heteroatoms. The Hall–Kier alpha value is -0.870. The zero-order chi connectivity index (χ0) is 11.5. The van der Waals surface area contributed by atoms with Crippen LogP contribution in [0.15, 0.2) is 12.4 Å². The van der Waals surface area contributed by atoms with Gasteiger partial charge < -0.3 is 14.8 Å². The Morgan fingerprint density at radius 3 is 2.88 bits per heavy atom. The van der Waals surface area contributed by atoms with Gasteiger partial charge in [-0.3, -0.25) is 0 Å². The molecule has 0 aromatic carbocycles. The number of nitrogens with one attached hydrogen (secondary N) is 1. The Balaban J connectivity index is 1.78. The summed E-state index contributed by atoms with van der Waals surface area (Å²) in [6, 6.07) is 1.41. The summed E-state index contributed by atoms with van der Waals surface area (Å²) >= 11 is 0. The van der Waals surface area contributed by atoms with Crippen LogP contribution >= 0.6 is 0 Å². The highest BCUT2D eigenvalue weighted by Crippen LogP contribution is 2.22. The van der Waals surface area contributed by atoms with E-state index in [-0.39, 0.29) is 0 Å². The molecule has 0 amide bonds.